The van der Waals surface area contributed by atoms with Crippen LogP contribution in [0.4, 0.5) is 5.69 Å². The van der Waals surface area contributed by atoms with Crippen LogP contribution in [-0.4, -0.2) is 39.9 Å². The van der Waals surface area contributed by atoms with Crippen LogP contribution in [0.25, 0.3) is 11.1 Å². The highest BCUT2D eigenvalue weighted by molar-refractivity contribution is 5.96. The molecule has 0 saturated carbocycles. The fraction of sp³-hybridized carbons (Fsp3) is 0.370. The van der Waals surface area contributed by atoms with Crippen LogP contribution in [0.15, 0.2) is 48.8 Å². The van der Waals surface area contributed by atoms with E-state index in [0.717, 1.165) is 46.5 Å². The van der Waals surface area contributed by atoms with E-state index >= 15 is 0 Å². The van der Waals surface area contributed by atoms with Crippen molar-refractivity contribution in [3.63, 3.8) is 0 Å². The number of carbonyl (C=O) groups is 2. The molecule has 178 valence electrons. The molecule has 34 heavy (non-hydrogen) atoms. The number of nitrogens with zero attached hydrogens (tertiary/aromatic N) is 3. The van der Waals surface area contributed by atoms with Crippen molar-refractivity contribution in [2.24, 2.45) is 0 Å². The van der Waals surface area contributed by atoms with Crippen molar-refractivity contribution in [1.29, 1.82) is 0 Å². The zero-order valence-electron chi connectivity index (χ0n) is 20.0. The molecule has 1 N–H and O–H groups in total. The predicted molar refractivity (Wildman–Crippen MR) is 131 cm³/mol. The maximum Gasteiger partial charge on any atom is 0.328 e. The molecule has 1 aromatic heterocycles. The Hall–Kier alpha value is -3.61. The minimum atomic E-state index is -0.928. The van der Waals surface area contributed by atoms with Crippen molar-refractivity contribution in [3.8, 4) is 16.9 Å². The van der Waals surface area contributed by atoms with E-state index in [9.17, 15) is 14.7 Å². The third kappa shape index (κ3) is 4.83. The maximum absolute atomic E-state index is 13.1. The van der Waals surface area contributed by atoms with Gasteiger partial charge in [0.05, 0.1) is 12.8 Å². The Balaban J connectivity index is 1.44. The summed E-state index contributed by atoms with van der Waals surface area (Å²) in [6.07, 6.45) is 6.28. The number of aliphatic carboxylic acids is 1. The van der Waals surface area contributed by atoms with Gasteiger partial charge in [-0.25, -0.2) is 4.79 Å². The van der Waals surface area contributed by atoms with E-state index in [-0.39, 0.29) is 5.91 Å². The highest BCUT2D eigenvalue weighted by Crippen LogP contribution is 2.36. The molecule has 1 aliphatic rings. The first-order valence-electron chi connectivity index (χ1n) is 11.8. The number of amides is 1. The number of hydrogen-bond acceptors (Lipinski definition) is 4. The molecule has 0 spiro atoms. The smallest absolute Gasteiger partial charge is 0.328 e. The van der Waals surface area contributed by atoms with Gasteiger partial charge in [0, 0.05) is 30.4 Å². The second kappa shape index (κ2) is 10.1. The fourth-order valence-corrected chi connectivity index (χ4v) is 4.38. The molecule has 7 nitrogen and oxygen atoms in total. The van der Waals surface area contributed by atoms with E-state index in [1.165, 1.54) is 10.2 Å². The number of hydrogen-bond donors (Lipinski definition) is 1. The minimum Gasteiger partial charge on any atom is -0.493 e. The van der Waals surface area contributed by atoms with Crippen molar-refractivity contribution in [1.82, 2.24) is 9.78 Å². The lowest BCUT2D eigenvalue weighted by Crippen LogP contribution is -2.35. The van der Waals surface area contributed by atoms with Crippen LogP contribution in [0.1, 0.15) is 48.9 Å². The minimum absolute atomic E-state index is 0.0952. The molecule has 7 heteroatoms. The lowest BCUT2D eigenvalue weighted by molar-refractivity contribution is -0.140. The standard InChI is InChI=1S/C27H31N3O4/c1-18-8-4-12-25(19(18)2)34-15-7-13-26(31)29-14-6-10-23-22(9-5-11-24(23)29)21-16-28-30(17-21)20(3)27(32)33/h4-5,8-9,11-12,16-17,20H,6-7,10,13-15H2,1-3H3,(H,32,33). The zero-order chi connectivity index (χ0) is 24.2. The number of rotatable bonds is 8. The lowest BCUT2D eigenvalue weighted by atomic mass is 9.93. The molecule has 0 radical (unpaired) electrons. The van der Waals surface area contributed by atoms with Crippen molar-refractivity contribution in [2.45, 2.75) is 52.5 Å². The summed E-state index contributed by atoms with van der Waals surface area (Å²) >= 11 is 0. The first kappa shape index (κ1) is 23.5. The third-order valence-corrected chi connectivity index (χ3v) is 6.57. The normalized spacial score (nSPS) is 13.9. The highest BCUT2D eigenvalue weighted by Gasteiger charge is 2.25. The van der Waals surface area contributed by atoms with Crippen LogP contribution in [0, 0.1) is 13.8 Å². The molecule has 1 amide bonds. The number of carboxylic acids is 1. The molecule has 0 aliphatic carbocycles. The molecule has 0 saturated heterocycles. The molecule has 3 aromatic rings. The van der Waals surface area contributed by atoms with Gasteiger partial charge in [0.2, 0.25) is 5.91 Å². The van der Waals surface area contributed by atoms with Crippen LogP contribution in [0.3, 0.4) is 0 Å². The first-order valence-corrected chi connectivity index (χ1v) is 11.8. The van der Waals surface area contributed by atoms with Crippen molar-refractivity contribution < 1.29 is 19.4 Å². The average molecular weight is 462 g/mol. The van der Waals surface area contributed by atoms with E-state index in [1.54, 1.807) is 19.3 Å². The summed E-state index contributed by atoms with van der Waals surface area (Å²) in [4.78, 5) is 26.3. The van der Waals surface area contributed by atoms with Gasteiger partial charge in [-0.15, -0.1) is 0 Å². The highest BCUT2D eigenvalue weighted by atomic mass is 16.5. The van der Waals surface area contributed by atoms with Crippen molar-refractivity contribution in [3.05, 3.63) is 65.5 Å². The van der Waals surface area contributed by atoms with Gasteiger partial charge in [0.1, 0.15) is 11.8 Å². The monoisotopic (exact) mass is 461 g/mol. The van der Waals surface area contributed by atoms with Crippen molar-refractivity contribution in [2.75, 3.05) is 18.1 Å². The van der Waals surface area contributed by atoms with Gasteiger partial charge in [0.15, 0.2) is 0 Å². The SMILES string of the molecule is Cc1cccc(OCCCC(=O)N2CCCc3c(-c4cnn(C(C)C(=O)O)c4)cccc32)c1C. The van der Waals surface area contributed by atoms with Gasteiger partial charge in [-0.2, -0.15) is 5.10 Å². The van der Waals surface area contributed by atoms with Crippen molar-refractivity contribution >= 4 is 17.6 Å². The Morgan fingerprint density at radius 2 is 1.97 bits per heavy atom. The Morgan fingerprint density at radius 1 is 1.18 bits per heavy atom. The number of anilines is 1. The molecule has 2 aromatic carbocycles. The topological polar surface area (TPSA) is 84.7 Å². The number of carbonyl (C=O) groups excluding carboxylic acids is 1. The fourth-order valence-electron chi connectivity index (χ4n) is 4.38. The molecule has 0 bridgehead atoms. The number of aromatic nitrogens is 2. The van der Waals surface area contributed by atoms with E-state index in [1.807, 2.05) is 42.2 Å². The summed E-state index contributed by atoms with van der Waals surface area (Å²) in [6.45, 7) is 6.90. The van der Waals surface area contributed by atoms with Gasteiger partial charge < -0.3 is 14.7 Å². The molecule has 1 aliphatic heterocycles. The number of ether oxygens (including phenoxy) is 1. The molecule has 1 atom stereocenters. The summed E-state index contributed by atoms with van der Waals surface area (Å²) in [5, 5.41) is 13.5. The zero-order valence-corrected chi connectivity index (χ0v) is 20.0. The number of aryl methyl sites for hydroxylation is 1. The predicted octanol–water partition coefficient (Wildman–Crippen LogP) is 4.95. The van der Waals surface area contributed by atoms with Gasteiger partial charge >= 0.3 is 5.97 Å². The quantitative estimate of drug-likeness (QED) is 0.480. The van der Waals surface area contributed by atoms with E-state index in [2.05, 4.69) is 18.1 Å². The number of fused-ring (bicyclic) bond motifs is 1. The van der Waals surface area contributed by atoms with Crippen LogP contribution in [-0.2, 0) is 16.0 Å². The Bertz CT molecular complexity index is 1200. The summed E-state index contributed by atoms with van der Waals surface area (Å²) in [5.74, 6) is 0.0408. The average Bonchev–Trinajstić information content (AvgIpc) is 3.32. The third-order valence-electron chi connectivity index (χ3n) is 6.57. The van der Waals surface area contributed by atoms with E-state index in [0.29, 0.717) is 26.0 Å². The van der Waals surface area contributed by atoms with Gasteiger partial charge in [-0.1, -0.05) is 24.3 Å². The van der Waals surface area contributed by atoms with Gasteiger partial charge in [-0.3, -0.25) is 9.48 Å². The van der Waals surface area contributed by atoms with E-state index in [4.69, 9.17) is 4.74 Å². The molecular weight excluding hydrogens is 430 g/mol. The Labute approximate surface area is 200 Å². The first-order chi connectivity index (χ1) is 16.4. The lowest BCUT2D eigenvalue weighted by Gasteiger charge is -2.31. The molecule has 4 rings (SSSR count). The summed E-state index contributed by atoms with van der Waals surface area (Å²) in [6, 6.07) is 11.2. The Morgan fingerprint density at radius 3 is 2.76 bits per heavy atom. The largest absolute Gasteiger partial charge is 0.493 e. The van der Waals surface area contributed by atoms with Crippen LogP contribution in [0.2, 0.25) is 0 Å². The molecular formula is C27H31N3O4. The Kier molecular flexibility index (Phi) is 7.01. The number of benzene rings is 2. The summed E-state index contributed by atoms with van der Waals surface area (Å²) in [5.41, 5.74) is 6.22. The second-order valence-corrected chi connectivity index (χ2v) is 8.83. The molecule has 0 fully saturated rings. The summed E-state index contributed by atoms with van der Waals surface area (Å²) in [7, 11) is 0. The molecule has 1 unspecified atom stereocenters. The van der Waals surface area contributed by atoms with Crippen LogP contribution in [0.5, 0.6) is 5.75 Å². The van der Waals surface area contributed by atoms with E-state index < -0.39 is 12.0 Å². The number of carboxylic acid groups (broad SMARTS) is 1. The molecule has 2 heterocycles. The van der Waals surface area contributed by atoms with Gasteiger partial charge in [-0.05, 0) is 74.4 Å². The second-order valence-electron chi connectivity index (χ2n) is 8.83. The van der Waals surface area contributed by atoms with Gasteiger partial charge in [0.25, 0.3) is 0 Å². The van der Waals surface area contributed by atoms with Crippen LogP contribution >= 0.6 is 0 Å². The summed E-state index contributed by atoms with van der Waals surface area (Å²) < 4.78 is 7.38. The maximum atomic E-state index is 13.1. The van der Waals surface area contributed by atoms with Crippen LogP contribution < -0.4 is 9.64 Å².